The molecule has 4 aromatic rings. The number of nitrogens with zero attached hydrogens (tertiary/aromatic N) is 5. The summed E-state index contributed by atoms with van der Waals surface area (Å²) in [5.74, 6) is -0.723. The van der Waals surface area contributed by atoms with Crippen molar-refractivity contribution in [3.8, 4) is 22.7 Å². The fourth-order valence-corrected chi connectivity index (χ4v) is 5.64. The second-order valence-corrected chi connectivity index (χ2v) is 11.0. The summed E-state index contributed by atoms with van der Waals surface area (Å²) in [4.78, 5) is 38.9. The summed E-state index contributed by atoms with van der Waals surface area (Å²) < 4.78 is 17.3. The van der Waals surface area contributed by atoms with Gasteiger partial charge < -0.3 is 14.9 Å². The van der Waals surface area contributed by atoms with Crippen LogP contribution in [0, 0.1) is 12.7 Å². The molecule has 1 saturated heterocycles. The lowest BCUT2D eigenvalue weighted by molar-refractivity contribution is -0.126. The summed E-state index contributed by atoms with van der Waals surface area (Å²) in [5, 5.41) is 11.2. The van der Waals surface area contributed by atoms with Gasteiger partial charge in [0, 0.05) is 36.3 Å². The number of piperazine rings is 1. The molecule has 0 spiro atoms. The van der Waals surface area contributed by atoms with Crippen LogP contribution in [0.3, 0.4) is 0 Å². The molecule has 2 aromatic carbocycles. The van der Waals surface area contributed by atoms with Gasteiger partial charge in [0.25, 0.3) is 0 Å². The molecule has 41 heavy (non-hydrogen) atoms. The zero-order chi connectivity index (χ0) is 29.6. The third-order valence-corrected chi connectivity index (χ3v) is 7.75. The van der Waals surface area contributed by atoms with E-state index in [9.17, 15) is 14.7 Å². The number of phenols is 1. The van der Waals surface area contributed by atoms with Crippen LogP contribution in [0.2, 0.25) is 5.02 Å². The van der Waals surface area contributed by atoms with Crippen LogP contribution in [0.1, 0.15) is 37.8 Å². The number of aromatic nitrogens is 3. The van der Waals surface area contributed by atoms with E-state index in [4.69, 9.17) is 11.6 Å². The zero-order valence-electron chi connectivity index (χ0n) is 23.4. The van der Waals surface area contributed by atoms with Gasteiger partial charge in [-0.3, -0.25) is 4.79 Å². The Hall–Kier alpha value is -4.24. The van der Waals surface area contributed by atoms with E-state index in [1.807, 2.05) is 50.8 Å². The Kier molecular flexibility index (Phi) is 7.57. The van der Waals surface area contributed by atoms with E-state index in [-0.39, 0.29) is 46.3 Å². The average Bonchev–Trinajstić information content (AvgIpc) is 2.94. The molecule has 0 bridgehead atoms. The van der Waals surface area contributed by atoms with Crippen LogP contribution < -0.4 is 10.6 Å². The standard InChI is InChI=1S/C31H31ClFN5O3/c1-6-26(40)36-12-13-37(19(5)16-36)29-23-15-24(33)27(22-14-20(32)10-11-25(22)39)34-30(23)38(31(41)35-29)28-18(4)8-7-9-21(28)17(2)3/h6-11,14-15,17,19,39H,1,12-13,16H2,2-5H3. The minimum absolute atomic E-state index is 0.0684. The number of aryl methyl sites for hydroxylation is 1. The Balaban J connectivity index is 1.82. The lowest BCUT2D eigenvalue weighted by atomic mass is 9.98. The van der Waals surface area contributed by atoms with Crippen molar-refractivity contribution < 1.29 is 14.3 Å². The number of halogens is 2. The number of rotatable bonds is 5. The van der Waals surface area contributed by atoms with Gasteiger partial charge >= 0.3 is 5.69 Å². The van der Waals surface area contributed by atoms with Gasteiger partial charge in [-0.05, 0) is 61.2 Å². The number of hydrogen-bond acceptors (Lipinski definition) is 6. The molecule has 3 heterocycles. The number of para-hydroxylation sites is 1. The van der Waals surface area contributed by atoms with Crippen molar-refractivity contribution in [1.82, 2.24) is 19.4 Å². The summed E-state index contributed by atoms with van der Waals surface area (Å²) in [7, 11) is 0. The summed E-state index contributed by atoms with van der Waals surface area (Å²) in [6.45, 7) is 12.6. The lowest BCUT2D eigenvalue weighted by Crippen LogP contribution is -2.54. The van der Waals surface area contributed by atoms with Gasteiger partial charge in [-0.2, -0.15) is 4.98 Å². The highest BCUT2D eigenvalue weighted by Gasteiger charge is 2.30. The van der Waals surface area contributed by atoms with Crippen LogP contribution in [0.4, 0.5) is 10.2 Å². The quantitative estimate of drug-likeness (QED) is 0.311. The van der Waals surface area contributed by atoms with E-state index >= 15 is 4.39 Å². The van der Waals surface area contributed by atoms with Crippen molar-refractivity contribution in [3.63, 3.8) is 0 Å². The largest absolute Gasteiger partial charge is 0.507 e. The normalized spacial score (nSPS) is 15.5. The van der Waals surface area contributed by atoms with Gasteiger partial charge in [0.2, 0.25) is 5.91 Å². The summed E-state index contributed by atoms with van der Waals surface area (Å²) in [5.41, 5.74) is 1.96. The summed E-state index contributed by atoms with van der Waals surface area (Å²) in [6, 6.07) is 11.2. The second-order valence-electron chi connectivity index (χ2n) is 10.6. The van der Waals surface area contributed by atoms with Gasteiger partial charge in [-0.25, -0.2) is 18.7 Å². The van der Waals surface area contributed by atoms with Crippen molar-refractivity contribution in [2.75, 3.05) is 24.5 Å². The number of anilines is 1. The summed E-state index contributed by atoms with van der Waals surface area (Å²) in [6.07, 6.45) is 1.28. The fraction of sp³-hybridized carbons (Fsp3) is 0.290. The maximum atomic E-state index is 15.9. The van der Waals surface area contributed by atoms with Crippen LogP contribution in [-0.2, 0) is 4.79 Å². The highest BCUT2D eigenvalue weighted by molar-refractivity contribution is 6.31. The molecule has 212 valence electrons. The molecule has 1 aliphatic heterocycles. The Morgan fingerprint density at radius 1 is 1.20 bits per heavy atom. The minimum atomic E-state index is -0.703. The van der Waals surface area contributed by atoms with E-state index in [1.54, 1.807) is 4.90 Å². The number of pyridine rings is 1. The lowest BCUT2D eigenvalue weighted by Gasteiger charge is -2.40. The van der Waals surface area contributed by atoms with Crippen molar-refractivity contribution in [2.45, 2.75) is 39.7 Å². The van der Waals surface area contributed by atoms with E-state index in [0.717, 1.165) is 11.1 Å². The number of aromatic hydroxyl groups is 1. The van der Waals surface area contributed by atoms with Crippen LogP contribution in [0.5, 0.6) is 5.75 Å². The maximum absolute atomic E-state index is 15.9. The molecule has 2 aromatic heterocycles. The summed E-state index contributed by atoms with van der Waals surface area (Å²) >= 11 is 6.19. The molecule has 1 N–H and O–H groups in total. The highest BCUT2D eigenvalue weighted by atomic mass is 35.5. The number of benzene rings is 2. The molecule has 1 unspecified atom stereocenters. The predicted octanol–water partition coefficient (Wildman–Crippen LogP) is 5.60. The Labute approximate surface area is 242 Å². The van der Waals surface area contributed by atoms with Gasteiger partial charge in [0.05, 0.1) is 11.1 Å². The smallest absolute Gasteiger partial charge is 0.355 e. The van der Waals surface area contributed by atoms with Crippen molar-refractivity contribution in [2.24, 2.45) is 0 Å². The third-order valence-electron chi connectivity index (χ3n) is 7.52. The molecule has 1 amide bonds. The molecular weight excluding hydrogens is 545 g/mol. The number of carbonyl (C=O) groups is 1. The fourth-order valence-electron chi connectivity index (χ4n) is 5.47. The predicted molar refractivity (Wildman–Crippen MR) is 160 cm³/mol. The molecule has 8 nitrogen and oxygen atoms in total. The van der Waals surface area contributed by atoms with Gasteiger partial charge in [0.1, 0.15) is 17.3 Å². The number of carbonyl (C=O) groups excluding carboxylic acids is 1. The van der Waals surface area contributed by atoms with E-state index in [1.165, 1.54) is 34.9 Å². The molecule has 0 aliphatic carbocycles. The van der Waals surface area contributed by atoms with Crippen LogP contribution in [0.25, 0.3) is 28.0 Å². The monoisotopic (exact) mass is 575 g/mol. The Morgan fingerprint density at radius 2 is 1.95 bits per heavy atom. The average molecular weight is 576 g/mol. The number of phenolic OH excluding ortho intramolecular Hbond substituents is 1. The number of hydrogen-bond donors (Lipinski definition) is 1. The molecule has 1 aliphatic rings. The molecular formula is C31H31ClFN5O3. The first-order valence-electron chi connectivity index (χ1n) is 13.4. The first-order chi connectivity index (χ1) is 19.5. The Morgan fingerprint density at radius 3 is 2.63 bits per heavy atom. The van der Waals surface area contributed by atoms with Crippen molar-refractivity contribution in [3.05, 3.63) is 87.6 Å². The topological polar surface area (TPSA) is 91.6 Å². The zero-order valence-corrected chi connectivity index (χ0v) is 24.1. The molecule has 5 rings (SSSR count). The van der Waals surface area contributed by atoms with Gasteiger partial charge in [-0.15, -0.1) is 0 Å². The number of fused-ring (bicyclic) bond motifs is 1. The van der Waals surface area contributed by atoms with Crippen LogP contribution >= 0.6 is 11.6 Å². The molecule has 10 heteroatoms. The first kappa shape index (κ1) is 28.3. The molecule has 0 saturated carbocycles. The van der Waals surface area contributed by atoms with Gasteiger partial charge in [-0.1, -0.05) is 50.2 Å². The van der Waals surface area contributed by atoms with E-state index in [2.05, 4.69) is 16.5 Å². The third kappa shape index (κ3) is 5.06. The molecule has 0 radical (unpaired) electrons. The van der Waals surface area contributed by atoms with E-state index in [0.29, 0.717) is 35.7 Å². The van der Waals surface area contributed by atoms with Crippen LogP contribution in [-0.4, -0.2) is 56.1 Å². The van der Waals surface area contributed by atoms with E-state index < -0.39 is 11.5 Å². The molecule has 1 atom stereocenters. The second kappa shape index (κ2) is 11.0. The van der Waals surface area contributed by atoms with Crippen LogP contribution in [0.15, 0.2) is 59.9 Å². The minimum Gasteiger partial charge on any atom is -0.507 e. The van der Waals surface area contributed by atoms with Gasteiger partial charge in [0.15, 0.2) is 11.5 Å². The Bertz CT molecular complexity index is 1750. The highest BCUT2D eigenvalue weighted by Crippen LogP contribution is 2.37. The SMILES string of the molecule is C=CC(=O)N1CCN(c2nc(=O)n(-c3c(C)cccc3C(C)C)c3nc(-c4cc(Cl)ccc4O)c(F)cc23)C(C)C1. The van der Waals surface area contributed by atoms with Crippen molar-refractivity contribution in [1.29, 1.82) is 0 Å². The maximum Gasteiger partial charge on any atom is 0.355 e. The van der Waals surface area contributed by atoms with Crippen molar-refractivity contribution >= 4 is 34.4 Å². The molecule has 1 fully saturated rings. The number of amides is 1. The first-order valence-corrected chi connectivity index (χ1v) is 13.8.